The van der Waals surface area contributed by atoms with Crippen LogP contribution in [0.15, 0.2) is 21.5 Å². The molecule has 0 aliphatic heterocycles. The van der Waals surface area contributed by atoms with Crippen molar-refractivity contribution in [3.63, 3.8) is 0 Å². The molecule has 1 aromatic rings. The van der Waals surface area contributed by atoms with E-state index < -0.39 is 0 Å². The first-order valence-corrected chi connectivity index (χ1v) is 5.19. The second kappa shape index (κ2) is 4.00. The van der Waals surface area contributed by atoms with Crippen LogP contribution in [0.3, 0.4) is 0 Å². The van der Waals surface area contributed by atoms with Gasteiger partial charge in [-0.15, -0.1) is 12.6 Å². The van der Waals surface area contributed by atoms with E-state index in [-0.39, 0.29) is 0 Å². The Kier molecular flexibility index (Phi) is 3.52. The first-order valence-electron chi connectivity index (χ1n) is 2.87. The van der Waals surface area contributed by atoms with Crippen molar-refractivity contribution >= 4 is 51.1 Å². The van der Waals surface area contributed by atoms with Crippen LogP contribution in [-0.2, 0) is 0 Å². The highest BCUT2D eigenvalue weighted by Gasteiger charge is 2.06. The molecule has 0 aliphatic carbocycles. The Hall–Kier alpha value is 0.580. The van der Waals surface area contributed by atoms with Crippen molar-refractivity contribution in [2.75, 3.05) is 7.11 Å². The third-order valence-corrected chi connectivity index (χ3v) is 3.63. The number of hydrogen-bond acceptors (Lipinski definition) is 2. The lowest BCUT2D eigenvalue weighted by atomic mass is 10.3. The first kappa shape index (κ1) is 9.67. The Balaban J connectivity index is 3.29. The van der Waals surface area contributed by atoms with E-state index in [0.29, 0.717) is 0 Å². The van der Waals surface area contributed by atoms with E-state index in [9.17, 15) is 0 Å². The van der Waals surface area contributed by atoms with Crippen LogP contribution in [0.25, 0.3) is 0 Å². The lowest BCUT2D eigenvalue weighted by Crippen LogP contribution is -1.88. The van der Waals surface area contributed by atoms with Crippen molar-refractivity contribution in [3.8, 4) is 5.75 Å². The van der Waals surface area contributed by atoms with Gasteiger partial charge in [0.05, 0.1) is 16.5 Å². The minimum absolute atomic E-state index is 0.792. The quantitative estimate of drug-likeness (QED) is 0.607. The van der Waals surface area contributed by atoms with Gasteiger partial charge in [-0.05, 0) is 50.7 Å². The number of hydrogen-bond donors (Lipinski definition) is 1. The zero-order chi connectivity index (χ0) is 8.43. The maximum atomic E-state index is 5.13. The fourth-order valence-electron chi connectivity index (χ4n) is 0.717. The lowest BCUT2D eigenvalue weighted by Gasteiger charge is -2.06. The number of methoxy groups -OCH3 is 1. The highest BCUT2D eigenvalue weighted by atomic mass is 127. The van der Waals surface area contributed by atoms with Gasteiger partial charge in [0.2, 0.25) is 0 Å². The van der Waals surface area contributed by atoms with Crippen LogP contribution < -0.4 is 4.74 Å². The molecule has 0 saturated heterocycles. The van der Waals surface area contributed by atoms with Gasteiger partial charge in [-0.3, -0.25) is 0 Å². The molecule has 0 unspecified atom stereocenters. The average molecular weight is 345 g/mol. The van der Waals surface area contributed by atoms with Gasteiger partial charge in [0, 0.05) is 3.57 Å². The summed E-state index contributed by atoms with van der Waals surface area (Å²) in [6.07, 6.45) is 0. The smallest absolute Gasteiger partial charge is 0.147 e. The van der Waals surface area contributed by atoms with Crippen molar-refractivity contribution in [3.05, 3.63) is 20.2 Å². The van der Waals surface area contributed by atoms with Crippen LogP contribution in [0.2, 0.25) is 0 Å². The summed E-state index contributed by atoms with van der Waals surface area (Å²) in [7, 11) is 1.63. The van der Waals surface area contributed by atoms with Crippen LogP contribution in [0, 0.1) is 3.57 Å². The molecule has 0 fully saturated rings. The molecule has 0 heterocycles. The number of ether oxygens (including phenoxy) is 1. The van der Waals surface area contributed by atoms with Crippen molar-refractivity contribution in [2.45, 2.75) is 4.90 Å². The first-order chi connectivity index (χ1) is 5.16. The van der Waals surface area contributed by atoms with Gasteiger partial charge >= 0.3 is 0 Å². The summed E-state index contributed by atoms with van der Waals surface area (Å²) in [6.45, 7) is 0. The van der Waals surface area contributed by atoms with Crippen molar-refractivity contribution in [2.24, 2.45) is 0 Å². The van der Waals surface area contributed by atoms with Gasteiger partial charge in [0.15, 0.2) is 0 Å². The van der Waals surface area contributed by atoms with Crippen molar-refractivity contribution in [1.82, 2.24) is 0 Å². The number of benzene rings is 1. The molecule has 0 aromatic heterocycles. The molecular weight excluding hydrogens is 339 g/mol. The fraction of sp³-hybridized carbons (Fsp3) is 0.143. The SMILES string of the molecule is COc1c(Br)ccc(I)c1S. The molecule has 0 saturated carbocycles. The van der Waals surface area contributed by atoms with Gasteiger partial charge in [-0.25, -0.2) is 0 Å². The van der Waals surface area contributed by atoms with Gasteiger partial charge in [0.1, 0.15) is 5.75 Å². The van der Waals surface area contributed by atoms with Crippen LogP contribution in [0.4, 0.5) is 0 Å². The zero-order valence-electron chi connectivity index (χ0n) is 5.77. The molecule has 0 bridgehead atoms. The highest BCUT2D eigenvalue weighted by Crippen LogP contribution is 2.34. The van der Waals surface area contributed by atoms with Crippen molar-refractivity contribution < 1.29 is 4.74 Å². The van der Waals surface area contributed by atoms with E-state index >= 15 is 0 Å². The normalized spacial score (nSPS) is 9.82. The Morgan fingerprint density at radius 3 is 2.64 bits per heavy atom. The van der Waals surface area contributed by atoms with Gasteiger partial charge < -0.3 is 4.74 Å². The molecule has 1 aromatic carbocycles. The zero-order valence-corrected chi connectivity index (χ0v) is 10.4. The Morgan fingerprint density at radius 1 is 1.55 bits per heavy atom. The maximum Gasteiger partial charge on any atom is 0.147 e. The summed E-state index contributed by atoms with van der Waals surface area (Å²) in [5, 5.41) is 0. The maximum absolute atomic E-state index is 5.13. The standard InChI is InChI=1S/C7H6BrIOS/c1-10-6-4(8)2-3-5(9)7(6)11/h2-3,11H,1H3. The summed E-state index contributed by atoms with van der Waals surface area (Å²) < 4.78 is 7.15. The summed E-state index contributed by atoms with van der Waals surface area (Å²) >= 11 is 9.88. The topological polar surface area (TPSA) is 9.23 Å². The Morgan fingerprint density at radius 2 is 2.18 bits per heavy atom. The second-order valence-corrected chi connectivity index (χ2v) is 4.37. The molecule has 4 heteroatoms. The predicted octanol–water partition coefficient (Wildman–Crippen LogP) is 3.35. The summed E-state index contributed by atoms with van der Waals surface area (Å²) in [4.78, 5) is 0.877. The Bertz CT molecular complexity index is 277. The molecular formula is C7H6BrIOS. The fourth-order valence-corrected chi connectivity index (χ4v) is 2.07. The van der Waals surface area contributed by atoms with Gasteiger partial charge in [-0.2, -0.15) is 0 Å². The number of rotatable bonds is 1. The summed E-state index contributed by atoms with van der Waals surface area (Å²) in [5.74, 6) is 0.792. The molecule has 0 N–H and O–H groups in total. The largest absolute Gasteiger partial charge is 0.494 e. The van der Waals surface area contributed by atoms with E-state index in [2.05, 4.69) is 51.1 Å². The minimum Gasteiger partial charge on any atom is -0.494 e. The molecule has 11 heavy (non-hydrogen) atoms. The summed E-state index contributed by atoms with van der Waals surface area (Å²) in [6, 6.07) is 3.93. The molecule has 0 spiro atoms. The Labute approximate surface area is 93.2 Å². The average Bonchev–Trinajstić information content (AvgIpc) is 1.99. The third-order valence-electron chi connectivity index (χ3n) is 1.24. The van der Waals surface area contributed by atoms with E-state index in [4.69, 9.17) is 4.74 Å². The minimum atomic E-state index is 0.792. The van der Waals surface area contributed by atoms with Gasteiger partial charge in [-0.1, -0.05) is 0 Å². The van der Waals surface area contributed by atoms with E-state index in [1.165, 1.54) is 0 Å². The van der Waals surface area contributed by atoms with Crippen LogP contribution >= 0.6 is 51.1 Å². The molecule has 0 aliphatic rings. The van der Waals surface area contributed by atoms with Crippen LogP contribution in [0.1, 0.15) is 0 Å². The molecule has 1 rings (SSSR count). The molecule has 0 atom stereocenters. The van der Waals surface area contributed by atoms with Gasteiger partial charge in [0.25, 0.3) is 0 Å². The molecule has 0 amide bonds. The number of thiol groups is 1. The molecule has 1 nitrogen and oxygen atoms in total. The van der Waals surface area contributed by atoms with Crippen LogP contribution in [-0.4, -0.2) is 7.11 Å². The monoisotopic (exact) mass is 344 g/mol. The molecule has 0 radical (unpaired) electrons. The van der Waals surface area contributed by atoms with E-state index in [1.54, 1.807) is 7.11 Å². The predicted molar refractivity (Wildman–Crippen MR) is 60.7 cm³/mol. The third kappa shape index (κ3) is 2.03. The summed E-state index contributed by atoms with van der Waals surface area (Å²) in [5.41, 5.74) is 0. The number of halogens is 2. The highest BCUT2D eigenvalue weighted by molar-refractivity contribution is 14.1. The van der Waals surface area contributed by atoms with Crippen LogP contribution in [0.5, 0.6) is 5.75 Å². The van der Waals surface area contributed by atoms with E-state index in [0.717, 1.165) is 18.7 Å². The molecule has 60 valence electrons. The van der Waals surface area contributed by atoms with Crippen molar-refractivity contribution in [1.29, 1.82) is 0 Å². The van der Waals surface area contributed by atoms with E-state index in [1.807, 2.05) is 12.1 Å². The lowest BCUT2D eigenvalue weighted by molar-refractivity contribution is 0.401. The second-order valence-electron chi connectivity index (χ2n) is 1.91.